The van der Waals surface area contributed by atoms with E-state index in [0.717, 1.165) is 37.6 Å². The third-order valence-electron chi connectivity index (χ3n) is 5.10. The van der Waals surface area contributed by atoms with Crippen LogP contribution in [0.2, 0.25) is 5.02 Å². The van der Waals surface area contributed by atoms with Gasteiger partial charge in [0.05, 0.1) is 17.1 Å². The number of hydrogen-bond donors (Lipinski definition) is 0. The van der Waals surface area contributed by atoms with E-state index in [-0.39, 0.29) is 0 Å². The molecule has 0 aliphatic heterocycles. The topological polar surface area (TPSA) is 17.1 Å². The van der Waals surface area contributed by atoms with Gasteiger partial charge in [0.1, 0.15) is 0 Å². The van der Waals surface area contributed by atoms with Crippen molar-refractivity contribution < 1.29 is 5.58 Å². The van der Waals surface area contributed by atoms with Crippen LogP contribution in [0, 0.1) is 0 Å². The fraction of sp³-hybridized carbons (Fsp3) is 0. The van der Waals surface area contributed by atoms with Crippen LogP contribution in [0.1, 0.15) is 1.37 Å². The molecule has 0 aromatic heterocycles. The Labute approximate surface area is 178 Å². The highest BCUT2D eigenvalue weighted by atomic mass is 35.5. The molecule has 5 aromatic rings. The highest BCUT2D eigenvalue weighted by molar-refractivity contribution is 7.85. The lowest BCUT2D eigenvalue weighted by Crippen LogP contribution is -1.99. The zero-order chi connectivity index (χ0) is 20.7. The number of rotatable bonds is 3. The van der Waals surface area contributed by atoms with Crippen molar-refractivity contribution in [3.63, 3.8) is 0 Å². The monoisotopic (exact) mass is 413 g/mol. The van der Waals surface area contributed by atoms with E-state index < -0.39 is 10.8 Å². The predicted octanol–water partition coefficient (Wildman–Crippen LogP) is 7.48. The lowest BCUT2D eigenvalue weighted by atomic mass is 9.93. The first-order valence-electron chi connectivity index (χ1n) is 9.81. The Hall–Kier alpha value is -2.94. The average Bonchev–Trinajstić information content (AvgIpc) is 2.79. The van der Waals surface area contributed by atoms with Gasteiger partial charge in [0.15, 0.2) is 0 Å². The Morgan fingerprint density at radius 3 is 2.03 bits per heavy atom. The van der Waals surface area contributed by atoms with E-state index in [1.54, 1.807) is 18.2 Å². The van der Waals surface area contributed by atoms with Crippen LogP contribution in [0.5, 0.6) is 0 Å². The summed E-state index contributed by atoms with van der Waals surface area (Å²) in [5.74, 6) is 0. The van der Waals surface area contributed by atoms with Gasteiger partial charge in [-0.15, -0.1) is 0 Å². The molecule has 0 aliphatic rings. The summed E-state index contributed by atoms with van der Waals surface area (Å²) in [4.78, 5) is 1.49. The van der Waals surface area contributed by atoms with Gasteiger partial charge in [0.2, 0.25) is 0 Å². The van der Waals surface area contributed by atoms with Crippen molar-refractivity contribution in [2.75, 3.05) is 0 Å². The Kier molecular flexibility index (Phi) is 4.37. The number of halogens is 1. The average molecular weight is 414 g/mol. The van der Waals surface area contributed by atoms with Crippen LogP contribution in [0.25, 0.3) is 32.7 Å². The second-order valence-electron chi connectivity index (χ2n) is 6.81. The molecule has 5 rings (SSSR count). The zero-order valence-electron chi connectivity index (χ0n) is 16.4. The van der Waals surface area contributed by atoms with Gasteiger partial charge in [-0.25, -0.2) is 4.21 Å². The summed E-state index contributed by atoms with van der Waals surface area (Å²) in [6.07, 6.45) is 0. The van der Waals surface area contributed by atoms with Crippen LogP contribution in [0.4, 0.5) is 0 Å². The molecular weight excluding hydrogens is 396 g/mol. The molecule has 0 spiro atoms. The van der Waals surface area contributed by atoms with E-state index in [9.17, 15) is 4.21 Å². The first-order valence-corrected chi connectivity index (χ1v) is 10.8. The molecule has 0 saturated heterocycles. The SMILES string of the molecule is [2H]c1ccc2c(-c3ccccc3)c(S(=O)c3ccc(Cl)cc3)c3ccccc3c2c1. The number of fused-ring (bicyclic) bond motifs is 3. The largest absolute Gasteiger partial charge is 0.249 e. The zero-order valence-corrected chi connectivity index (χ0v) is 17.0. The lowest BCUT2D eigenvalue weighted by molar-refractivity contribution is 0.684. The molecule has 0 saturated carbocycles. The normalized spacial score (nSPS) is 12.8. The minimum Gasteiger partial charge on any atom is -0.249 e. The molecule has 29 heavy (non-hydrogen) atoms. The van der Waals surface area contributed by atoms with Crippen LogP contribution in [0.3, 0.4) is 0 Å². The second-order valence-corrected chi connectivity index (χ2v) is 8.66. The maximum Gasteiger partial charge on any atom is 0.0862 e. The summed E-state index contributed by atoms with van der Waals surface area (Å²) in [6, 6.07) is 31.3. The molecule has 0 radical (unpaired) electrons. The molecule has 140 valence electrons. The first-order chi connectivity index (χ1) is 14.6. The van der Waals surface area contributed by atoms with E-state index in [1.807, 2.05) is 78.9 Å². The number of benzene rings is 5. The highest BCUT2D eigenvalue weighted by Crippen LogP contribution is 2.42. The van der Waals surface area contributed by atoms with Gasteiger partial charge >= 0.3 is 0 Å². The molecule has 1 nitrogen and oxygen atoms in total. The summed E-state index contributed by atoms with van der Waals surface area (Å²) in [5.41, 5.74) is 1.95. The molecule has 0 N–H and O–H groups in total. The van der Waals surface area contributed by atoms with E-state index in [4.69, 9.17) is 13.0 Å². The van der Waals surface area contributed by atoms with Gasteiger partial charge in [-0.2, -0.15) is 0 Å². The van der Waals surface area contributed by atoms with Crippen LogP contribution >= 0.6 is 11.6 Å². The Balaban J connectivity index is 1.96. The molecule has 1 unspecified atom stereocenters. The van der Waals surface area contributed by atoms with Crippen LogP contribution in [0.15, 0.2) is 113 Å². The third-order valence-corrected chi connectivity index (χ3v) is 6.85. The summed E-state index contributed by atoms with van der Waals surface area (Å²) in [5, 5.41) is 4.54. The fourth-order valence-corrected chi connectivity index (χ4v) is 5.34. The molecule has 0 fully saturated rings. The van der Waals surface area contributed by atoms with Crippen molar-refractivity contribution in [3.8, 4) is 11.1 Å². The lowest BCUT2D eigenvalue weighted by Gasteiger charge is -2.17. The molecular formula is C26H17ClOS. The third kappa shape index (κ3) is 3.15. The van der Waals surface area contributed by atoms with Crippen LogP contribution in [-0.4, -0.2) is 4.21 Å². The predicted molar refractivity (Wildman–Crippen MR) is 123 cm³/mol. The van der Waals surface area contributed by atoms with Crippen LogP contribution < -0.4 is 0 Å². The highest BCUT2D eigenvalue weighted by Gasteiger charge is 2.21. The van der Waals surface area contributed by atoms with E-state index in [1.165, 1.54) is 0 Å². The van der Waals surface area contributed by atoms with Gasteiger partial charge in [0, 0.05) is 15.5 Å². The van der Waals surface area contributed by atoms with Crippen LogP contribution in [-0.2, 0) is 10.8 Å². The Morgan fingerprint density at radius 2 is 1.28 bits per heavy atom. The van der Waals surface area contributed by atoms with Gasteiger partial charge in [-0.1, -0.05) is 90.4 Å². The summed E-state index contributed by atoms with van der Waals surface area (Å²) in [6.45, 7) is 0. The van der Waals surface area contributed by atoms with Gasteiger partial charge in [-0.05, 0) is 51.4 Å². The fourth-order valence-electron chi connectivity index (χ4n) is 3.80. The first kappa shape index (κ1) is 17.0. The molecule has 1 atom stereocenters. The Morgan fingerprint density at radius 1 is 0.655 bits per heavy atom. The summed E-state index contributed by atoms with van der Waals surface area (Å²) >= 11 is 6.06. The number of hydrogen-bond acceptors (Lipinski definition) is 1. The van der Waals surface area contributed by atoms with E-state index in [0.29, 0.717) is 16.0 Å². The molecule has 0 aliphatic carbocycles. The van der Waals surface area contributed by atoms with Gasteiger partial charge < -0.3 is 0 Å². The van der Waals surface area contributed by atoms with Crippen molar-refractivity contribution in [1.29, 1.82) is 0 Å². The van der Waals surface area contributed by atoms with E-state index >= 15 is 0 Å². The molecule has 0 bridgehead atoms. The maximum atomic E-state index is 13.9. The molecule has 3 heteroatoms. The Bertz CT molecular complexity index is 1410. The van der Waals surface area contributed by atoms with Crippen molar-refractivity contribution in [3.05, 3.63) is 108 Å². The minimum atomic E-state index is -1.41. The molecule has 5 aromatic carbocycles. The van der Waals surface area contributed by atoms with Crippen molar-refractivity contribution >= 4 is 43.9 Å². The van der Waals surface area contributed by atoms with Gasteiger partial charge in [0.25, 0.3) is 0 Å². The smallest absolute Gasteiger partial charge is 0.0862 e. The van der Waals surface area contributed by atoms with Gasteiger partial charge in [-0.3, -0.25) is 0 Å². The summed E-state index contributed by atoms with van der Waals surface area (Å²) < 4.78 is 22.1. The molecule has 0 amide bonds. The van der Waals surface area contributed by atoms with Crippen molar-refractivity contribution in [1.82, 2.24) is 0 Å². The standard InChI is InChI=1S/C26H17ClOS/c27-19-14-16-20(17-15-19)29(28)26-24-13-7-5-11-22(24)21-10-4-6-12-23(21)25(26)18-8-2-1-3-9-18/h1-17H/i4D. The minimum absolute atomic E-state index is 0.457. The quantitative estimate of drug-likeness (QED) is 0.280. The van der Waals surface area contributed by atoms with E-state index in [2.05, 4.69) is 0 Å². The summed E-state index contributed by atoms with van der Waals surface area (Å²) in [7, 11) is -1.41. The van der Waals surface area contributed by atoms with Crippen molar-refractivity contribution in [2.24, 2.45) is 0 Å². The van der Waals surface area contributed by atoms with Crippen molar-refractivity contribution in [2.45, 2.75) is 9.79 Å². The second kappa shape index (κ2) is 7.47. The molecule has 0 heterocycles. The maximum absolute atomic E-state index is 13.9.